The van der Waals surface area contributed by atoms with Crippen LogP contribution in [0.2, 0.25) is 0 Å². The predicted octanol–water partition coefficient (Wildman–Crippen LogP) is 1.69. The summed E-state index contributed by atoms with van der Waals surface area (Å²) in [4.78, 5) is 25.2. The average molecular weight is 402 g/mol. The molecule has 1 aromatic carbocycles. The van der Waals surface area contributed by atoms with Crippen molar-refractivity contribution in [2.75, 3.05) is 31.6 Å². The first kappa shape index (κ1) is 20.3. The van der Waals surface area contributed by atoms with Crippen molar-refractivity contribution in [3.05, 3.63) is 53.5 Å². The van der Waals surface area contributed by atoms with E-state index in [9.17, 15) is 13.6 Å². The third-order valence-corrected chi connectivity index (χ3v) is 4.28. The van der Waals surface area contributed by atoms with Crippen LogP contribution in [0.3, 0.4) is 0 Å². The van der Waals surface area contributed by atoms with Crippen molar-refractivity contribution in [3.8, 4) is 0 Å². The maximum absolute atomic E-state index is 14.2. The van der Waals surface area contributed by atoms with Gasteiger partial charge in [-0.05, 0) is 6.07 Å². The van der Waals surface area contributed by atoms with Crippen molar-refractivity contribution in [1.82, 2.24) is 15.3 Å². The second-order valence-electron chi connectivity index (χ2n) is 6.30. The highest BCUT2D eigenvalue weighted by atomic mass is 19.1. The number of nitrogens with one attached hydrogen (secondary N) is 2. The number of hydrogen-bond acceptors (Lipinski definition) is 7. The van der Waals surface area contributed by atoms with Crippen molar-refractivity contribution < 1.29 is 18.3 Å². The fraction of sp³-hybridized carbons (Fsp3) is 0.316. The molecule has 1 fully saturated rings. The summed E-state index contributed by atoms with van der Waals surface area (Å²) in [7, 11) is 1.40. The highest BCUT2D eigenvalue weighted by molar-refractivity contribution is 6.07. The zero-order valence-corrected chi connectivity index (χ0v) is 15.8. The SMILES string of the molecule is COC(CC(=N)c1ncc(F)c(N2CCNC(=O)C2)n1)=NCc1ccccc1F. The number of anilines is 1. The van der Waals surface area contributed by atoms with Gasteiger partial charge in [-0.1, -0.05) is 18.2 Å². The van der Waals surface area contributed by atoms with Gasteiger partial charge >= 0.3 is 0 Å². The van der Waals surface area contributed by atoms with Crippen LogP contribution in [0.25, 0.3) is 0 Å². The fourth-order valence-electron chi connectivity index (χ4n) is 2.77. The number of hydrogen-bond donors (Lipinski definition) is 2. The summed E-state index contributed by atoms with van der Waals surface area (Å²) in [6.45, 7) is 0.821. The Kier molecular flexibility index (Phi) is 6.43. The Hall–Kier alpha value is -3.43. The number of aliphatic imine (C=N–C) groups is 1. The molecule has 10 heteroatoms. The molecule has 8 nitrogen and oxygen atoms in total. The number of aromatic nitrogens is 2. The molecule has 3 rings (SSSR count). The summed E-state index contributed by atoms with van der Waals surface area (Å²) in [5, 5.41) is 10.9. The molecule has 0 aliphatic carbocycles. The number of carbonyl (C=O) groups excluding carboxylic acids is 1. The van der Waals surface area contributed by atoms with Gasteiger partial charge < -0.3 is 20.4 Å². The van der Waals surface area contributed by atoms with Gasteiger partial charge in [0.2, 0.25) is 5.91 Å². The maximum atomic E-state index is 14.2. The largest absolute Gasteiger partial charge is 0.484 e. The summed E-state index contributed by atoms with van der Waals surface area (Å²) in [6.07, 6.45) is 0.929. The molecule has 0 saturated carbocycles. The first-order valence-corrected chi connectivity index (χ1v) is 8.90. The Labute approximate surface area is 166 Å². The molecular formula is C19H20F2N6O2. The molecular weight excluding hydrogens is 382 g/mol. The number of rotatable bonds is 6. The van der Waals surface area contributed by atoms with Crippen LogP contribution in [0.15, 0.2) is 35.5 Å². The lowest BCUT2D eigenvalue weighted by atomic mass is 10.2. The Bertz CT molecular complexity index is 950. The molecule has 2 aromatic rings. The molecule has 2 N–H and O–H groups in total. The van der Waals surface area contributed by atoms with E-state index in [2.05, 4.69) is 20.3 Å². The smallest absolute Gasteiger partial charge is 0.239 e. The van der Waals surface area contributed by atoms with Gasteiger partial charge in [-0.2, -0.15) is 0 Å². The summed E-state index contributed by atoms with van der Waals surface area (Å²) < 4.78 is 33.1. The fourth-order valence-corrected chi connectivity index (χ4v) is 2.77. The van der Waals surface area contributed by atoms with Crippen LogP contribution in [-0.4, -0.2) is 54.2 Å². The van der Waals surface area contributed by atoms with Gasteiger partial charge in [-0.3, -0.25) is 9.79 Å². The third kappa shape index (κ3) is 5.09. The lowest BCUT2D eigenvalue weighted by molar-refractivity contribution is -0.120. The minimum Gasteiger partial charge on any atom is -0.484 e. The van der Waals surface area contributed by atoms with Gasteiger partial charge in [0.25, 0.3) is 0 Å². The summed E-state index contributed by atoms with van der Waals surface area (Å²) in [5.74, 6) is -1.10. The molecule has 0 unspecified atom stereocenters. The van der Waals surface area contributed by atoms with Crippen molar-refractivity contribution in [2.24, 2.45) is 4.99 Å². The van der Waals surface area contributed by atoms with Crippen LogP contribution >= 0.6 is 0 Å². The Morgan fingerprint density at radius 2 is 2.14 bits per heavy atom. The zero-order valence-electron chi connectivity index (χ0n) is 15.8. The number of methoxy groups -OCH3 is 1. The summed E-state index contributed by atoms with van der Waals surface area (Å²) >= 11 is 0. The first-order chi connectivity index (χ1) is 14.0. The average Bonchev–Trinajstić information content (AvgIpc) is 2.72. The van der Waals surface area contributed by atoms with Gasteiger partial charge in [-0.25, -0.2) is 18.7 Å². The van der Waals surface area contributed by atoms with E-state index in [1.165, 1.54) is 18.1 Å². The van der Waals surface area contributed by atoms with E-state index < -0.39 is 5.82 Å². The summed E-state index contributed by atoms with van der Waals surface area (Å²) in [5.41, 5.74) is 0.360. The van der Waals surface area contributed by atoms with Crippen LogP contribution < -0.4 is 10.2 Å². The van der Waals surface area contributed by atoms with E-state index in [0.717, 1.165) is 6.20 Å². The minimum atomic E-state index is -0.670. The van der Waals surface area contributed by atoms with Crippen molar-refractivity contribution >= 4 is 23.3 Å². The maximum Gasteiger partial charge on any atom is 0.239 e. The quantitative estimate of drug-likeness (QED) is 0.565. The van der Waals surface area contributed by atoms with E-state index in [1.54, 1.807) is 18.2 Å². The van der Waals surface area contributed by atoms with Crippen LogP contribution in [0.4, 0.5) is 14.6 Å². The molecule has 1 aliphatic heterocycles. The van der Waals surface area contributed by atoms with E-state index in [1.807, 2.05) is 0 Å². The summed E-state index contributed by atoms with van der Waals surface area (Å²) in [6, 6.07) is 6.25. The molecule has 1 aromatic heterocycles. The van der Waals surface area contributed by atoms with Gasteiger partial charge in [0.15, 0.2) is 23.4 Å². The highest BCUT2D eigenvalue weighted by Gasteiger charge is 2.22. The molecule has 0 atom stereocenters. The monoisotopic (exact) mass is 402 g/mol. The molecule has 1 amide bonds. The molecule has 0 radical (unpaired) electrons. The van der Waals surface area contributed by atoms with Crippen molar-refractivity contribution in [1.29, 1.82) is 5.41 Å². The van der Waals surface area contributed by atoms with Gasteiger partial charge in [0, 0.05) is 18.7 Å². The van der Waals surface area contributed by atoms with Crippen molar-refractivity contribution in [3.63, 3.8) is 0 Å². The second-order valence-corrected chi connectivity index (χ2v) is 6.30. The molecule has 0 spiro atoms. The van der Waals surface area contributed by atoms with Gasteiger partial charge in [0.05, 0.1) is 38.5 Å². The number of piperazine rings is 1. The Morgan fingerprint density at radius 3 is 2.86 bits per heavy atom. The minimum absolute atomic E-state index is 0.00280. The van der Waals surface area contributed by atoms with E-state index >= 15 is 0 Å². The Balaban J connectivity index is 1.73. The van der Waals surface area contributed by atoms with Gasteiger partial charge in [0.1, 0.15) is 5.82 Å². The third-order valence-electron chi connectivity index (χ3n) is 4.28. The number of benzene rings is 1. The standard InChI is InChI=1S/C19H20F2N6O2/c1-29-17(24-9-12-4-2-3-5-13(12)20)8-15(22)18-25-10-14(21)19(26-18)27-7-6-23-16(28)11-27/h2-5,10,22H,6-9,11H2,1H3,(H,23,28). The number of nitrogens with zero attached hydrogens (tertiary/aromatic N) is 4. The van der Waals surface area contributed by atoms with Crippen LogP contribution in [0, 0.1) is 17.0 Å². The molecule has 152 valence electrons. The number of ether oxygens (including phenoxy) is 1. The number of halogens is 2. The Morgan fingerprint density at radius 1 is 1.34 bits per heavy atom. The lowest BCUT2D eigenvalue weighted by Gasteiger charge is -2.27. The van der Waals surface area contributed by atoms with Crippen molar-refractivity contribution in [2.45, 2.75) is 13.0 Å². The van der Waals surface area contributed by atoms with Crippen LogP contribution in [0.1, 0.15) is 17.8 Å². The first-order valence-electron chi connectivity index (χ1n) is 8.90. The molecule has 29 heavy (non-hydrogen) atoms. The normalized spacial score (nSPS) is 14.5. The second kappa shape index (κ2) is 9.18. The van der Waals surface area contributed by atoms with Gasteiger partial charge in [-0.15, -0.1) is 0 Å². The highest BCUT2D eigenvalue weighted by Crippen LogP contribution is 2.17. The predicted molar refractivity (Wildman–Crippen MR) is 103 cm³/mol. The molecule has 2 heterocycles. The molecule has 0 bridgehead atoms. The molecule has 1 aliphatic rings. The lowest BCUT2D eigenvalue weighted by Crippen LogP contribution is -2.48. The van der Waals surface area contributed by atoms with E-state index in [4.69, 9.17) is 10.1 Å². The van der Waals surface area contributed by atoms with Crippen LogP contribution in [-0.2, 0) is 16.1 Å². The topological polar surface area (TPSA) is 104 Å². The number of carbonyl (C=O) groups is 1. The van der Waals surface area contributed by atoms with E-state index in [-0.39, 0.29) is 54.5 Å². The van der Waals surface area contributed by atoms with Crippen LogP contribution in [0.5, 0.6) is 0 Å². The molecule has 1 saturated heterocycles. The zero-order chi connectivity index (χ0) is 20.8. The van der Waals surface area contributed by atoms with E-state index in [0.29, 0.717) is 18.7 Å². The number of amides is 1.